The van der Waals surface area contributed by atoms with Gasteiger partial charge in [0.05, 0.1) is 4.90 Å². The second-order valence-electron chi connectivity index (χ2n) is 6.17. The molecule has 5 heteroatoms. The molecule has 0 aliphatic heterocycles. The van der Waals surface area contributed by atoms with E-state index in [2.05, 4.69) is 26.6 Å². The first-order valence-corrected chi connectivity index (χ1v) is 11.9. The van der Waals surface area contributed by atoms with Crippen LogP contribution in [0.1, 0.15) is 24.5 Å². The molecule has 0 spiro atoms. The SMILES string of the molecule is CCc1ccc(S(=O)(=O)O)cc1CCC[Si](C)(C)C. The van der Waals surface area contributed by atoms with Gasteiger partial charge in [0.15, 0.2) is 0 Å². The molecule has 1 rings (SSSR count). The van der Waals surface area contributed by atoms with Crippen LogP contribution in [0, 0.1) is 0 Å². The van der Waals surface area contributed by atoms with Gasteiger partial charge in [0.25, 0.3) is 10.1 Å². The highest BCUT2D eigenvalue weighted by Crippen LogP contribution is 2.20. The van der Waals surface area contributed by atoms with Crippen molar-refractivity contribution in [1.29, 1.82) is 0 Å². The van der Waals surface area contributed by atoms with Crippen molar-refractivity contribution in [2.24, 2.45) is 0 Å². The van der Waals surface area contributed by atoms with Gasteiger partial charge >= 0.3 is 0 Å². The number of aryl methyl sites for hydroxylation is 2. The van der Waals surface area contributed by atoms with Crippen LogP contribution in [0.15, 0.2) is 23.1 Å². The fourth-order valence-electron chi connectivity index (χ4n) is 2.15. The highest BCUT2D eigenvalue weighted by molar-refractivity contribution is 7.85. The van der Waals surface area contributed by atoms with E-state index >= 15 is 0 Å². The van der Waals surface area contributed by atoms with Gasteiger partial charge in [-0.1, -0.05) is 45.1 Å². The van der Waals surface area contributed by atoms with Crippen molar-refractivity contribution in [2.45, 2.75) is 56.8 Å². The van der Waals surface area contributed by atoms with Crippen LogP contribution in [0.3, 0.4) is 0 Å². The van der Waals surface area contributed by atoms with Crippen LogP contribution >= 0.6 is 0 Å². The third-order valence-corrected chi connectivity index (χ3v) is 5.93. The predicted octanol–water partition coefficient (Wildman–Crippen LogP) is 3.77. The Hall–Kier alpha value is -0.653. The lowest BCUT2D eigenvalue weighted by Crippen LogP contribution is -2.19. The Morgan fingerprint density at radius 2 is 1.79 bits per heavy atom. The van der Waals surface area contributed by atoms with Crippen LogP contribution in [-0.4, -0.2) is 21.0 Å². The average Bonchev–Trinajstić information content (AvgIpc) is 2.26. The van der Waals surface area contributed by atoms with E-state index in [0.717, 1.165) is 24.8 Å². The van der Waals surface area contributed by atoms with E-state index in [9.17, 15) is 8.42 Å². The van der Waals surface area contributed by atoms with Crippen molar-refractivity contribution in [1.82, 2.24) is 0 Å². The first-order chi connectivity index (χ1) is 8.63. The van der Waals surface area contributed by atoms with Crippen LogP contribution in [0.5, 0.6) is 0 Å². The molecule has 0 aromatic heterocycles. The lowest BCUT2D eigenvalue weighted by molar-refractivity contribution is 0.483. The van der Waals surface area contributed by atoms with Gasteiger partial charge in [-0.2, -0.15) is 8.42 Å². The van der Waals surface area contributed by atoms with Crippen LogP contribution in [0.2, 0.25) is 25.7 Å². The summed E-state index contributed by atoms with van der Waals surface area (Å²) in [6, 6.07) is 6.15. The van der Waals surface area contributed by atoms with Gasteiger partial charge in [-0.25, -0.2) is 0 Å². The highest BCUT2D eigenvalue weighted by atomic mass is 32.2. The van der Waals surface area contributed by atoms with Crippen molar-refractivity contribution in [2.75, 3.05) is 0 Å². The average molecular weight is 300 g/mol. The fraction of sp³-hybridized carbons (Fsp3) is 0.571. The molecule has 0 radical (unpaired) electrons. The molecule has 0 saturated carbocycles. The monoisotopic (exact) mass is 300 g/mol. The largest absolute Gasteiger partial charge is 0.294 e. The van der Waals surface area contributed by atoms with Gasteiger partial charge in [-0.15, -0.1) is 0 Å². The minimum atomic E-state index is -4.10. The lowest BCUT2D eigenvalue weighted by atomic mass is 10.0. The van der Waals surface area contributed by atoms with E-state index in [1.54, 1.807) is 6.07 Å². The van der Waals surface area contributed by atoms with E-state index in [-0.39, 0.29) is 4.90 Å². The van der Waals surface area contributed by atoms with E-state index in [1.807, 2.05) is 6.07 Å². The number of hydrogen-bond acceptors (Lipinski definition) is 2. The summed E-state index contributed by atoms with van der Waals surface area (Å²) in [5.74, 6) is 0. The van der Waals surface area contributed by atoms with Gasteiger partial charge in [0, 0.05) is 8.07 Å². The third kappa shape index (κ3) is 5.46. The zero-order chi connectivity index (χ0) is 14.7. The molecular weight excluding hydrogens is 276 g/mol. The summed E-state index contributed by atoms with van der Waals surface area (Å²) >= 11 is 0. The van der Waals surface area contributed by atoms with Gasteiger partial charge in [0.1, 0.15) is 0 Å². The van der Waals surface area contributed by atoms with E-state index in [0.29, 0.717) is 0 Å². The van der Waals surface area contributed by atoms with Crippen molar-refractivity contribution in [3.63, 3.8) is 0 Å². The smallest absolute Gasteiger partial charge is 0.282 e. The van der Waals surface area contributed by atoms with Gasteiger partial charge in [-0.3, -0.25) is 4.55 Å². The maximum Gasteiger partial charge on any atom is 0.294 e. The molecule has 1 aromatic carbocycles. The topological polar surface area (TPSA) is 54.4 Å². The molecule has 3 nitrogen and oxygen atoms in total. The Bertz CT molecular complexity index is 530. The molecular formula is C14H24O3SSi. The first kappa shape index (κ1) is 16.4. The summed E-state index contributed by atoms with van der Waals surface area (Å²) < 4.78 is 31.5. The van der Waals surface area contributed by atoms with Crippen molar-refractivity contribution < 1.29 is 13.0 Å². The van der Waals surface area contributed by atoms with Crippen LogP contribution in [0.25, 0.3) is 0 Å². The Morgan fingerprint density at radius 3 is 2.26 bits per heavy atom. The lowest BCUT2D eigenvalue weighted by Gasteiger charge is -2.16. The minimum absolute atomic E-state index is 0.00713. The zero-order valence-electron chi connectivity index (χ0n) is 12.2. The van der Waals surface area contributed by atoms with Gasteiger partial charge in [-0.05, 0) is 36.1 Å². The summed E-state index contributed by atoms with van der Waals surface area (Å²) in [5.41, 5.74) is 2.22. The molecule has 108 valence electrons. The predicted molar refractivity (Wildman–Crippen MR) is 82.1 cm³/mol. The quantitative estimate of drug-likeness (QED) is 0.643. The van der Waals surface area contributed by atoms with E-state index < -0.39 is 18.2 Å². The van der Waals surface area contributed by atoms with E-state index in [4.69, 9.17) is 4.55 Å². The molecule has 0 heterocycles. The van der Waals surface area contributed by atoms with Crippen molar-refractivity contribution >= 4 is 18.2 Å². The second-order valence-corrected chi connectivity index (χ2v) is 13.2. The van der Waals surface area contributed by atoms with Gasteiger partial charge < -0.3 is 0 Å². The third-order valence-electron chi connectivity index (χ3n) is 3.23. The summed E-state index contributed by atoms with van der Waals surface area (Å²) in [6.07, 6.45) is 2.85. The van der Waals surface area contributed by atoms with Crippen LogP contribution in [-0.2, 0) is 23.0 Å². The molecule has 0 bridgehead atoms. The van der Waals surface area contributed by atoms with Crippen molar-refractivity contribution in [3.8, 4) is 0 Å². The molecule has 0 saturated heterocycles. The molecule has 0 unspecified atom stereocenters. The standard InChI is InChI=1S/C14H24O3SSi/c1-5-12-8-9-14(18(15,16)17)11-13(12)7-6-10-19(2,3)4/h8-9,11H,5-7,10H2,1-4H3,(H,15,16,17). The minimum Gasteiger partial charge on any atom is -0.282 e. The molecule has 0 atom stereocenters. The molecule has 0 aliphatic carbocycles. The fourth-order valence-corrected chi connectivity index (χ4v) is 3.92. The molecule has 1 aromatic rings. The van der Waals surface area contributed by atoms with Crippen LogP contribution in [0.4, 0.5) is 0 Å². The zero-order valence-corrected chi connectivity index (χ0v) is 14.0. The first-order valence-electron chi connectivity index (χ1n) is 6.73. The van der Waals surface area contributed by atoms with E-state index in [1.165, 1.54) is 17.7 Å². The summed E-state index contributed by atoms with van der Waals surface area (Å²) in [6.45, 7) is 9.07. The molecule has 0 aliphatic rings. The number of benzene rings is 1. The summed E-state index contributed by atoms with van der Waals surface area (Å²) in [7, 11) is -5.15. The Kier molecular flexibility index (Phi) is 5.35. The maximum atomic E-state index is 11.2. The highest BCUT2D eigenvalue weighted by Gasteiger charge is 2.15. The normalized spacial score (nSPS) is 12.7. The van der Waals surface area contributed by atoms with Crippen molar-refractivity contribution in [3.05, 3.63) is 29.3 Å². The molecule has 0 fully saturated rings. The molecule has 0 amide bonds. The maximum absolute atomic E-state index is 11.2. The van der Waals surface area contributed by atoms with Gasteiger partial charge in [0.2, 0.25) is 0 Å². The second kappa shape index (κ2) is 6.20. The Labute approximate surface area is 117 Å². The number of hydrogen-bond donors (Lipinski definition) is 1. The molecule has 19 heavy (non-hydrogen) atoms. The summed E-state index contributed by atoms with van der Waals surface area (Å²) in [4.78, 5) is 0.00713. The van der Waals surface area contributed by atoms with Crippen LogP contribution < -0.4 is 0 Å². The summed E-state index contributed by atoms with van der Waals surface area (Å²) in [5, 5.41) is 0. The molecule has 1 N–H and O–H groups in total. The Morgan fingerprint density at radius 1 is 1.16 bits per heavy atom. The Balaban J connectivity index is 2.91. The number of rotatable bonds is 6.